The summed E-state index contributed by atoms with van der Waals surface area (Å²) < 4.78 is 5.14. The lowest BCUT2D eigenvalue weighted by molar-refractivity contribution is 0.173. The van der Waals surface area contributed by atoms with Crippen LogP contribution in [0, 0.1) is 5.92 Å². The maximum absolute atomic E-state index is 10.1. The Hall–Kier alpha value is -0.930. The zero-order chi connectivity index (χ0) is 13.8. The first kappa shape index (κ1) is 14.5. The minimum Gasteiger partial charge on any atom is -0.504 e. The Morgan fingerprint density at radius 3 is 2.63 bits per heavy atom. The monoisotopic (exact) mass is 283 g/mol. The lowest BCUT2D eigenvalue weighted by Gasteiger charge is -2.31. The van der Waals surface area contributed by atoms with E-state index in [1.807, 2.05) is 6.07 Å². The van der Waals surface area contributed by atoms with Crippen LogP contribution in [0.5, 0.6) is 11.5 Å². The van der Waals surface area contributed by atoms with Crippen LogP contribution in [-0.2, 0) is 6.54 Å². The van der Waals surface area contributed by atoms with Crippen molar-refractivity contribution in [1.29, 1.82) is 0 Å². The van der Waals surface area contributed by atoms with E-state index in [4.69, 9.17) is 16.3 Å². The first-order chi connectivity index (χ1) is 9.13. The Kier molecular flexibility index (Phi) is 4.94. The van der Waals surface area contributed by atoms with Crippen LogP contribution >= 0.6 is 11.6 Å². The van der Waals surface area contributed by atoms with E-state index in [0.717, 1.165) is 31.1 Å². The second kappa shape index (κ2) is 6.49. The molecule has 0 aromatic heterocycles. The molecule has 4 heteroatoms. The maximum atomic E-state index is 10.1. The lowest BCUT2D eigenvalue weighted by atomic mass is 9.94. The van der Waals surface area contributed by atoms with Gasteiger partial charge in [-0.05, 0) is 37.9 Å². The number of hydrogen-bond acceptors (Lipinski definition) is 3. The van der Waals surface area contributed by atoms with E-state index < -0.39 is 0 Å². The average Bonchev–Trinajstić information content (AvgIpc) is 2.43. The van der Waals surface area contributed by atoms with E-state index in [1.165, 1.54) is 19.3 Å². The highest BCUT2D eigenvalue weighted by Crippen LogP contribution is 2.34. The van der Waals surface area contributed by atoms with Crippen molar-refractivity contribution in [3.8, 4) is 11.5 Å². The minimum atomic E-state index is 0.213. The highest BCUT2D eigenvalue weighted by atomic mass is 35.5. The van der Waals surface area contributed by atoms with Gasteiger partial charge in [-0.1, -0.05) is 24.9 Å². The number of nitrogens with zero attached hydrogens (tertiary/aromatic N) is 1. The molecule has 0 radical (unpaired) electrons. The molecule has 2 rings (SSSR count). The molecule has 0 saturated carbocycles. The topological polar surface area (TPSA) is 32.7 Å². The summed E-state index contributed by atoms with van der Waals surface area (Å²) in [5.41, 5.74) is 0.847. The Balaban J connectivity index is 2.05. The molecule has 1 aromatic carbocycles. The summed E-state index contributed by atoms with van der Waals surface area (Å²) in [4.78, 5) is 2.37. The smallest absolute Gasteiger partial charge is 0.162 e. The minimum absolute atomic E-state index is 0.213. The molecule has 0 atom stereocenters. The van der Waals surface area contributed by atoms with E-state index in [0.29, 0.717) is 10.8 Å². The van der Waals surface area contributed by atoms with E-state index >= 15 is 0 Å². The molecule has 1 saturated heterocycles. The van der Waals surface area contributed by atoms with Crippen LogP contribution in [0.4, 0.5) is 0 Å². The summed E-state index contributed by atoms with van der Waals surface area (Å²) in [5.74, 6) is 1.52. The lowest BCUT2D eigenvalue weighted by Crippen LogP contribution is -2.33. The summed E-state index contributed by atoms with van der Waals surface area (Å²) in [6, 6.07) is 3.47. The molecule has 1 aliphatic rings. The fourth-order valence-electron chi connectivity index (χ4n) is 2.70. The number of rotatable bonds is 4. The van der Waals surface area contributed by atoms with Gasteiger partial charge in [-0.15, -0.1) is 0 Å². The third kappa shape index (κ3) is 3.54. The number of aromatic hydroxyl groups is 1. The molecule has 0 bridgehead atoms. The molecule has 1 N–H and O–H groups in total. The molecule has 0 unspecified atom stereocenters. The van der Waals surface area contributed by atoms with E-state index in [9.17, 15) is 5.11 Å². The Bertz CT molecular complexity index is 428. The van der Waals surface area contributed by atoms with Crippen LogP contribution in [0.3, 0.4) is 0 Å². The normalized spacial score (nSPS) is 17.6. The van der Waals surface area contributed by atoms with Gasteiger partial charge in [0.05, 0.1) is 7.11 Å². The zero-order valence-electron chi connectivity index (χ0n) is 11.7. The third-order valence-corrected chi connectivity index (χ3v) is 4.24. The zero-order valence-corrected chi connectivity index (χ0v) is 12.4. The molecule has 1 aromatic rings. The van der Waals surface area contributed by atoms with Crippen LogP contribution in [0.25, 0.3) is 0 Å². The molecular formula is C15H22ClNO2. The highest BCUT2D eigenvalue weighted by molar-refractivity contribution is 6.30. The maximum Gasteiger partial charge on any atom is 0.162 e. The van der Waals surface area contributed by atoms with Crippen LogP contribution < -0.4 is 4.74 Å². The Morgan fingerprint density at radius 2 is 2.05 bits per heavy atom. The second-order valence-corrected chi connectivity index (χ2v) is 5.68. The third-order valence-electron chi connectivity index (χ3n) is 4.02. The van der Waals surface area contributed by atoms with Gasteiger partial charge in [0, 0.05) is 23.2 Å². The SMILES string of the molecule is CCC1CCN(Cc2cc(Cl)cc(OC)c2O)CC1. The van der Waals surface area contributed by atoms with Crippen molar-refractivity contribution in [2.24, 2.45) is 5.92 Å². The van der Waals surface area contributed by atoms with Crippen molar-refractivity contribution in [2.45, 2.75) is 32.7 Å². The molecule has 0 amide bonds. The number of phenols is 1. The summed E-state index contributed by atoms with van der Waals surface area (Å²) in [6.07, 6.45) is 3.76. The number of benzene rings is 1. The fourth-order valence-corrected chi connectivity index (χ4v) is 2.93. The van der Waals surface area contributed by atoms with Crippen LogP contribution in [0.2, 0.25) is 5.02 Å². The van der Waals surface area contributed by atoms with Crippen LogP contribution in [0.15, 0.2) is 12.1 Å². The predicted octanol–water partition coefficient (Wildman–Crippen LogP) is 3.68. The molecule has 1 heterocycles. The van der Waals surface area contributed by atoms with Gasteiger partial charge < -0.3 is 9.84 Å². The molecule has 1 aliphatic heterocycles. The van der Waals surface area contributed by atoms with Gasteiger partial charge >= 0.3 is 0 Å². The van der Waals surface area contributed by atoms with Gasteiger partial charge in [0.1, 0.15) is 0 Å². The summed E-state index contributed by atoms with van der Waals surface area (Å²) in [7, 11) is 1.54. The molecule has 106 valence electrons. The van der Waals surface area contributed by atoms with Crippen molar-refractivity contribution in [3.63, 3.8) is 0 Å². The Morgan fingerprint density at radius 1 is 1.37 bits per heavy atom. The number of phenolic OH excluding ortho intramolecular Hbond substituents is 1. The van der Waals surface area contributed by atoms with E-state index in [1.54, 1.807) is 13.2 Å². The van der Waals surface area contributed by atoms with E-state index in [-0.39, 0.29) is 5.75 Å². The number of hydrogen-bond donors (Lipinski definition) is 1. The Labute approximate surface area is 120 Å². The van der Waals surface area contributed by atoms with Crippen molar-refractivity contribution in [2.75, 3.05) is 20.2 Å². The largest absolute Gasteiger partial charge is 0.504 e. The van der Waals surface area contributed by atoms with Gasteiger partial charge in [0.15, 0.2) is 11.5 Å². The summed E-state index contributed by atoms with van der Waals surface area (Å²) in [5, 5.41) is 10.7. The standard InChI is InChI=1S/C15H22ClNO2/c1-3-11-4-6-17(7-5-11)10-12-8-13(16)9-14(19-2)15(12)18/h8-9,11,18H,3-7,10H2,1-2H3. The van der Waals surface area contributed by atoms with Crippen molar-refractivity contribution in [3.05, 3.63) is 22.7 Å². The van der Waals surface area contributed by atoms with Crippen molar-refractivity contribution in [1.82, 2.24) is 4.90 Å². The van der Waals surface area contributed by atoms with Gasteiger partial charge in [-0.2, -0.15) is 0 Å². The van der Waals surface area contributed by atoms with Crippen molar-refractivity contribution < 1.29 is 9.84 Å². The first-order valence-corrected chi connectivity index (χ1v) is 7.29. The van der Waals surface area contributed by atoms with Crippen molar-refractivity contribution >= 4 is 11.6 Å². The molecular weight excluding hydrogens is 262 g/mol. The van der Waals surface area contributed by atoms with E-state index in [2.05, 4.69) is 11.8 Å². The number of methoxy groups -OCH3 is 1. The van der Waals surface area contributed by atoms with Gasteiger partial charge in [-0.3, -0.25) is 4.90 Å². The average molecular weight is 284 g/mol. The fraction of sp³-hybridized carbons (Fsp3) is 0.600. The molecule has 3 nitrogen and oxygen atoms in total. The molecule has 1 fully saturated rings. The van der Waals surface area contributed by atoms with Crippen LogP contribution in [0.1, 0.15) is 31.7 Å². The van der Waals surface area contributed by atoms with Gasteiger partial charge in [0.25, 0.3) is 0 Å². The molecule has 0 aliphatic carbocycles. The number of likely N-dealkylation sites (tertiary alicyclic amines) is 1. The number of halogens is 1. The van der Waals surface area contributed by atoms with Gasteiger partial charge in [-0.25, -0.2) is 0 Å². The van der Waals surface area contributed by atoms with Crippen LogP contribution in [-0.4, -0.2) is 30.2 Å². The molecule has 0 spiro atoms. The highest BCUT2D eigenvalue weighted by Gasteiger charge is 2.19. The predicted molar refractivity (Wildman–Crippen MR) is 78.0 cm³/mol. The second-order valence-electron chi connectivity index (χ2n) is 5.24. The summed E-state index contributed by atoms with van der Waals surface area (Å²) >= 11 is 6.05. The number of ether oxygens (including phenoxy) is 1. The van der Waals surface area contributed by atoms with Gasteiger partial charge in [0.2, 0.25) is 0 Å². The number of piperidine rings is 1. The quantitative estimate of drug-likeness (QED) is 0.915. The molecule has 19 heavy (non-hydrogen) atoms. The first-order valence-electron chi connectivity index (χ1n) is 6.91. The summed E-state index contributed by atoms with van der Waals surface area (Å²) in [6.45, 7) is 5.17.